The maximum atomic E-state index is 9.74. The summed E-state index contributed by atoms with van der Waals surface area (Å²) in [5.41, 5.74) is 0.771. The number of hydrogen-bond donors (Lipinski definition) is 1. The molecule has 0 aromatic heterocycles. The molecule has 0 aliphatic carbocycles. The van der Waals surface area contributed by atoms with Gasteiger partial charge in [0, 0.05) is 0 Å². The van der Waals surface area contributed by atoms with Gasteiger partial charge in [-0.15, -0.1) is 17.8 Å². The van der Waals surface area contributed by atoms with Crippen molar-refractivity contribution in [3.8, 4) is 0 Å². The molecule has 0 unspecified atom stereocenters. The molecule has 0 aliphatic rings. The molecule has 1 N–H and O–H groups in total. The van der Waals surface area contributed by atoms with E-state index in [9.17, 15) is 4.79 Å². The Bertz CT molecular complexity index is 183. The van der Waals surface area contributed by atoms with E-state index < -0.39 is 0 Å². The van der Waals surface area contributed by atoms with E-state index in [4.69, 9.17) is 0 Å². The highest BCUT2D eigenvalue weighted by Gasteiger charge is 1.71. The molecule has 0 radical (unpaired) electrons. The molecule has 1 amide bonds. The third-order valence-corrected chi connectivity index (χ3v) is 0.969. The number of para-hydroxylation sites is 1. The Balaban J connectivity index is 2.72. The summed E-state index contributed by atoms with van der Waals surface area (Å²) in [5, 5.41) is 2.40. The molecule has 1 aromatic rings. The number of hydrogen-bond acceptors (Lipinski definition) is 1. The fraction of sp³-hybridized carbons (Fsp3) is 0. The van der Waals surface area contributed by atoms with Gasteiger partial charge in [-0.2, -0.15) is 0 Å². The summed E-state index contributed by atoms with van der Waals surface area (Å²) in [6, 6.07) is 9.17. The molecule has 1 aromatic carbocycles. The first kappa shape index (κ1) is 5.82. The second-order valence-corrected chi connectivity index (χ2v) is 1.59. The molecular formula is C7H6NO-. The zero-order valence-electron chi connectivity index (χ0n) is 4.79. The first-order valence-electron chi connectivity index (χ1n) is 2.61. The highest BCUT2D eigenvalue weighted by molar-refractivity contribution is 5.71. The van der Waals surface area contributed by atoms with Crippen LogP contribution in [0.2, 0.25) is 0 Å². The predicted molar refractivity (Wildman–Crippen MR) is 35.8 cm³/mol. The summed E-state index contributed by atoms with van der Waals surface area (Å²) in [6.07, 6.45) is 1.58. The van der Waals surface area contributed by atoms with Gasteiger partial charge in [0.05, 0.1) is 6.41 Å². The Morgan fingerprint density at radius 3 is 2.44 bits per heavy atom. The highest BCUT2D eigenvalue weighted by Crippen LogP contribution is 2.01. The molecular weight excluding hydrogens is 114 g/mol. The van der Waals surface area contributed by atoms with Crippen LogP contribution in [-0.2, 0) is 4.79 Å². The van der Waals surface area contributed by atoms with E-state index in [1.165, 1.54) is 0 Å². The molecule has 0 bridgehead atoms. The van der Waals surface area contributed by atoms with E-state index in [1.54, 1.807) is 18.5 Å². The largest absolute Gasteiger partial charge is 0.490 e. The van der Waals surface area contributed by atoms with Crippen molar-refractivity contribution in [3.05, 3.63) is 30.3 Å². The van der Waals surface area contributed by atoms with Crippen LogP contribution in [0.3, 0.4) is 0 Å². The minimum atomic E-state index is 0.771. The van der Waals surface area contributed by atoms with Crippen LogP contribution in [-0.4, -0.2) is 6.41 Å². The highest BCUT2D eigenvalue weighted by atomic mass is 16.1. The molecule has 1 rings (SSSR count). The van der Waals surface area contributed by atoms with E-state index in [2.05, 4.69) is 5.32 Å². The Hall–Kier alpha value is -1.31. The van der Waals surface area contributed by atoms with Crippen LogP contribution in [0.1, 0.15) is 0 Å². The first-order valence-corrected chi connectivity index (χ1v) is 2.61. The van der Waals surface area contributed by atoms with Crippen molar-refractivity contribution in [2.24, 2.45) is 0 Å². The summed E-state index contributed by atoms with van der Waals surface area (Å²) in [7, 11) is 0. The van der Waals surface area contributed by atoms with Gasteiger partial charge in [-0.05, 0) is 0 Å². The van der Waals surface area contributed by atoms with Crippen molar-refractivity contribution in [2.75, 3.05) is 5.32 Å². The maximum Gasteiger partial charge on any atom is 0.0692 e. The molecule has 9 heavy (non-hydrogen) atoms. The van der Waals surface area contributed by atoms with Crippen LogP contribution in [0.25, 0.3) is 0 Å². The molecule has 0 atom stereocenters. The summed E-state index contributed by atoms with van der Waals surface area (Å²) < 4.78 is 0. The normalized spacial score (nSPS) is 8.44. The van der Waals surface area contributed by atoms with E-state index in [1.807, 2.05) is 18.2 Å². The topological polar surface area (TPSA) is 29.1 Å². The van der Waals surface area contributed by atoms with Crippen LogP contribution in [0.15, 0.2) is 30.3 Å². The SMILES string of the molecule is O=[C-]Nc1ccccc1. The Morgan fingerprint density at radius 1 is 1.22 bits per heavy atom. The number of rotatable bonds is 2. The van der Waals surface area contributed by atoms with Gasteiger partial charge < -0.3 is 10.1 Å². The Morgan fingerprint density at radius 2 is 1.89 bits per heavy atom. The zero-order valence-corrected chi connectivity index (χ0v) is 4.79. The fourth-order valence-electron chi connectivity index (χ4n) is 0.580. The lowest BCUT2D eigenvalue weighted by Crippen LogP contribution is -1.91. The zero-order chi connectivity index (χ0) is 6.53. The molecule has 0 fully saturated rings. The molecule has 2 heteroatoms. The smallest absolute Gasteiger partial charge is 0.0692 e. The van der Waals surface area contributed by atoms with Gasteiger partial charge in [0.15, 0.2) is 0 Å². The second kappa shape index (κ2) is 2.87. The van der Waals surface area contributed by atoms with Crippen molar-refractivity contribution in [2.45, 2.75) is 0 Å². The van der Waals surface area contributed by atoms with Crippen molar-refractivity contribution < 1.29 is 4.79 Å². The maximum absolute atomic E-state index is 9.74. The van der Waals surface area contributed by atoms with Gasteiger partial charge in [0.2, 0.25) is 0 Å². The van der Waals surface area contributed by atoms with Crippen molar-refractivity contribution in [3.63, 3.8) is 0 Å². The fourth-order valence-corrected chi connectivity index (χ4v) is 0.580. The molecule has 0 heterocycles. The van der Waals surface area contributed by atoms with Gasteiger partial charge >= 0.3 is 0 Å². The first-order chi connectivity index (χ1) is 4.43. The quantitative estimate of drug-likeness (QED) is 0.460. The van der Waals surface area contributed by atoms with Gasteiger partial charge in [-0.25, -0.2) is 0 Å². The van der Waals surface area contributed by atoms with E-state index in [0.29, 0.717) is 0 Å². The average Bonchev–Trinajstić information content (AvgIpc) is 1.91. The molecule has 0 aliphatic heterocycles. The molecule has 0 saturated carbocycles. The standard InChI is InChI=1S/C7H6NO/c9-6-8-7-4-2-1-3-5-7/h1-5H,(H,8,9)/q-1. The average molecular weight is 120 g/mol. The monoisotopic (exact) mass is 120 g/mol. The van der Waals surface area contributed by atoms with Gasteiger partial charge in [0.25, 0.3) is 0 Å². The Labute approximate surface area is 53.5 Å². The van der Waals surface area contributed by atoms with Crippen molar-refractivity contribution >= 4 is 12.1 Å². The lowest BCUT2D eigenvalue weighted by molar-refractivity contribution is 0.561. The van der Waals surface area contributed by atoms with E-state index in [-0.39, 0.29) is 0 Å². The second-order valence-electron chi connectivity index (χ2n) is 1.59. The molecule has 0 saturated heterocycles. The van der Waals surface area contributed by atoms with Crippen LogP contribution in [0.4, 0.5) is 5.69 Å². The number of carbonyl (C=O) groups excluding carboxylic acids is 1. The van der Waals surface area contributed by atoms with Crippen molar-refractivity contribution in [1.29, 1.82) is 0 Å². The van der Waals surface area contributed by atoms with E-state index in [0.717, 1.165) is 5.69 Å². The Kier molecular flexibility index (Phi) is 1.85. The minimum Gasteiger partial charge on any atom is -0.490 e. The lowest BCUT2D eigenvalue weighted by Gasteiger charge is -2.05. The lowest BCUT2D eigenvalue weighted by atomic mass is 10.3. The van der Waals surface area contributed by atoms with Crippen LogP contribution in [0, 0.1) is 0 Å². The number of anilines is 1. The number of nitrogens with one attached hydrogen (secondary N) is 1. The van der Waals surface area contributed by atoms with Crippen molar-refractivity contribution in [1.82, 2.24) is 0 Å². The van der Waals surface area contributed by atoms with Gasteiger partial charge in [-0.1, -0.05) is 18.2 Å². The van der Waals surface area contributed by atoms with Gasteiger partial charge in [0.1, 0.15) is 0 Å². The third kappa shape index (κ3) is 1.57. The number of benzene rings is 1. The summed E-state index contributed by atoms with van der Waals surface area (Å²) in [6.45, 7) is 0. The minimum absolute atomic E-state index is 0.771. The van der Waals surface area contributed by atoms with E-state index >= 15 is 0 Å². The molecule has 2 nitrogen and oxygen atoms in total. The summed E-state index contributed by atoms with van der Waals surface area (Å²) in [4.78, 5) is 9.74. The van der Waals surface area contributed by atoms with Crippen LogP contribution in [0.5, 0.6) is 0 Å². The number of amides is 1. The van der Waals surface area contributed by atoms with Crippen LogP contribution < -0.4 is 5.32 Å². The third-order valence-electron chi connectivity index (χ3n) is 0.969. The predicted octanol–water partition coefficient (Wildman–Crippen LogP) is 1.17. The summed E-state index contributed by atoms with van der Waals surface area (Å²) >= 11 is 0. The molecule has 0 spiro atoms. The van der Waals surface area contributed by atoms with Gasteiger partial charge in [-0.3, -0.25) is 0 Å². The molecule has 46 valence electrons. The summed E-state index contributed by atoms with van der Waals surface area (Å²) in [5.74, 6) is 0. The van der Waals surface area contributed by atoms with Crippen LogP contribution >= 0.6 is 0 Å².